The van der Waals surface area contributed by atoms with E-state index in [0.717, 1.165) is 33.4 Å². The zero-order chi connectivity index (χ0) is 14.1. The summed E-state index contributed by atoms with van der Waals surface area (Å²) in [6.45, 7) is 2.73. The van der Waals surface area contributed by atoms with Crippen LogP contribution in [0, 0.1) is 6.92 Å². The van der Waals surface area contributed by atoms with Crippen molar-refractivity contribution >= 4 is 32.7 Å². The Morgan fingerprint density at radius 2 is 2.20 bits per heavy atom. The monoisotopic (exact) mass is 331 g/mol. The van der Waals surface area contributed by atoms with Gasteiger partial charge in [0.25, 0.3) is 0 Å². The predicted molar refractivity (Wildman–Crippen MR) is 82.5 cm³/mol. The van der Waals surface area contributed by atoms with E-state index in [1.54, 1.807) is 12.4 Å². The third-order valence-electron chi connectivity index (χ3n) is 3.13. The Kier molecular flexibility index (Phi) is 3.40. The smallest absolute Gasteiger partial charge is 0.112 e. The molecular formula is C14H14BrN5. The van der Waals surface area contributed by atoms with Gasteiger partial charge in [0.05, 0.1) is 16.9 Å². The van der Waals surface area contributed by atoms with Crippen molar-refractivity contribution in [2.24, 2.45) is 7.05 Å². The SMILES string of the molecule is Cc1nn(C)cc1CNc1ccnc2cc(Br)cnc12. The van der Waals surface area contributed by atoms with Gasteiger partial charge < -0.3 is 5.32 Å². The molecule has 102 valence electrons. The molecule has 1 N–H and O–H groups in total. The highest BCUT2D eigenvalue weighted by Gasteiger charge is 2.06. The third kappa shape index (κ3) is 2.51. The molecule has 0 atom stereocenters. The molecule has 0 aliphatic heterocycles. The predicted octanol–water partition coefficient (Wildman–Crippen LogP) is 3.05. The average Bonchev–Trinajstić information content (AvgIpc) is 2.74. The van der Waals surface area contributed by atoms with Crippen molar-refractivity contribution in [3.8, 4) is 0 Å². The fourth-order valence-corrected chi connectivity index (χ4v) is 2.48. The van der Waals surface area contributed by atoms with Crippen molar-refractivity contribution in [2.45, 2.75) is 13.5 Å². The first-order valence-electron chi connectivity index (χ1n) is 6.27. The van der Waals surface area contributed by atoms with Gasteiger partial charge in [-0.25, -0.2) is 0 Å². The van der Waals surface area contributed by atoms with Crippen LogP contribution in [0.5, 0.6) is 0 Å². The van der Waals surface area contributed by atoms with Crippen molar-refractivity contribution in [3.05, 3.63) is 46.5 Å². The molecular weight excluding hydrogens is 318 g/mol. The first-order chi connectivity index (χ1) is 9.63. The van der Waals surface area contributed by atoms with E-state index >= 15 is 0 Å². The molecule has 0 radical (unpaired) electrons. The minimum atomic E-state index is 0.719. The van der Waals surface area contributed by atoms with Gasteiger partial charge >= 0.3 is 0 Å². The number of aryl methyl sites for hydroxylation is 2. The Balaban J connectivity index is 1.89. The van der Waals surface area contributed by atoms with E-state index in [2.05, 4.69) is 36.3 Å². The Morgan fingerprint density at radius 1 is 1.35 bits per heavy atom. The molecule has 3 rings (SSSR count). The number of rotatable bonds is 3. The lowest BCUT2D eigenvalue weighted by molar-refractivity contribution is 0.756. The van der Waals surface area contributed by atoms with Crippen LogP contribution in [0.3, 0.4) is 0 Å². The van der Waals surface area contributed by atoms with Crippen molar-refractivity contribution in [1.82, 2.24) is 19.7 Å². The van der Waals surface area contributed by atoms with Gasteiger partial charge in [0.1, 0.15) is 5.52 Å². The number of pyridine rings is 2. The Labute approximate surface area is 125 Å². The minimum Gasteiger partial charge on any atom is -0.379 e. The molecule has 20 heavy (non-hydrogen) atoms. The maximum absolute atomic E-state index is 4.43. The summed E-state index contributed by atoms with van der Waals surface area (Å²) < 4.78 is 2.75. The fourth-order valence-electron chi connectivity index (χ4n) is 2.16. The second kappa shape index (κ2) is 5.20. The van der Waals surface area contributed by atoms with Crippen molar-refractivity contribution < 1.29 is 0 Å². The maximum Gasteiger partial charge on any atom is 0.112 e. The van der Waals surface area contributed by atoms with Crippen LogP contribution in [0.4, 0.5) is 5.69 Å². The van der Waals surface area contributed by atoms with E-state index in [-0.39, 0.29) is 0 Å². The summed E-state index contributed by atoms with van der Waals surface area (Å²) in [4.78, 5) is 8.76. The van der Waals surface area contributed by atoms with Crippen LogP contribution in [-0.2, 0) is 13.6 Å². The largest absolute Gasteiger partial charge is 0.379 e. The van der Waals surface area contributed by atoms with Crippen molar-refractivity contribution in [3.63, 3.8) is 0 Å². The Hall–Kier alpha value is -1.95. The molecule has 3 heterocycles. The summed E-state index contributed by atoms with van der Waals surface area (Å²) in [5.74, 6) is 0. The van der Waals surface area contributed by atoms with E-state index in [1.165, 1.54) is 5.56 Å². The number of halogens is 1. The number of nitrogens with one attached hydrogen (secondary N) is 1. The first-order valence-corrected chi connectivity index (χ1v) is 7.06. The molecule has 0 spiro atoms. The van der Waals surface area contributed by atoms with Crippen LogP contribution >= 0.6 is 15.9 Å². The highest BCUT2D eigenvalue weighted by molar-refractivity contribution is 9.10. The van der Waals surface area contributed by atoms with Crippen LogP contribution in [0.25, 0.3) is 11.0 Å². The highest BCUT2D eigenvalue weighted by atomic mass is 79.9. The van der Waals surface area contributed by atoms with Crippen LogP contribution in [0.2, 0.25) is 0 Å². The molecule has 0 aliphatic carbocycles. The number of hydrogen-bond donors (Lipinski definition) is 1. The molecule has 0 aromatic carbocycles. The quantitative estimate of drug-likeness (QED) is 0.801. The van der Waals surface area contributed by atoms with Gasteiger partial charge in [0.2, 0.25) is 0 Å². The van der Waals surface area contributed by atoms with Crippen molar-refractivity contribution in [2.75, 3.05) is 5.32 Å². The summed E-state index contributed by atoms with van der Waals surface area (Å²) >= 11 is 3.41. The number of hydrogen-bond acceptors (Lipinski definition) is 4. The lowest BCUT2D eigenvalue weighted by Crippen LogP contribution is -2.01. The van der Waals surface area contributed by atoms with E-state index in [9.17, 15) is 0 Å². The second-order valence-electron chi connectivity index (χ2n) is 4.65. The van der Waals surface area contributed by atoms with E-state index in [0.29, 0.717) is 0 Å². The molecule has 3 aromatic heterocycles. The molecule has 0 unspecified atom stereocenters. The molecule has 0 saturated heterocycles. The van der Waals surface area contributed by atoms with Crippen LogP contribution in [0.15, 0.2) is 35.2 Å². The standard InChI is InChI=1S/C14H14BrN5/c1-9-10(8-20(2)19-9)6-17-12-3-4-16-13-5-11(15)7-18-14(12)13/h3-5,7-8H,6H2,1-2H3,(H,16,17). The molecule has 0 amide bonds. The fraction of sp³-hybridized carbons (Fsp3) is 0.214. The number of aromatic nitrogens is 4. The topological polar surface area (TPSA) is 55.6 Å². The van der Waals surface area contributed by atoms with Gasteiger partial charge in [-0.1, -0.05) is 0 Å². The van der Waals surface area contributed by atoms with Crippen LogP contribution in [-0.4, -0.2) is 19.7 Å². The second-order valence-corrected chi connectivity index (χ2v) is 5.56. The molecule has 0 aliphatic rings. The number of anilines is 1. The average molecular weight is 332 g/mol. The Bertz CT molecular complexity index is 765. The van der Waals surface area contributed by atoms with Crippen LogP contribution in [0.1, 0.15) is 11.3 Å². The van der Waals surface area contributed by atoms with Crippen molar-refractivity contribution in [1.29, 1.82) is 0 Å². The summed E-state index contributed by atoms with van der Waals surface area (Å²) in [5.41, 5.74) is 4.93. The Morgan fingerprint density at radius 3 is 2.95 bits per heavy atom. The summed E-state index contributed by atoms with van der Waals surface area (Å²) in [7, 11) is 1.93. The van der Waals surface area contributed by atoms with Gasteiger partial charge in [-0.15, -0.1) is 0 Å². The normalized spacial score (nSPS) is 10.9. The first kappa shape index (κ1) is 13.1. The molecule has 0 saturated carbocycles. The summed E-state index contributed by atoms with van der Waals surface area (Å²) in [6, 6.07) is 3.90. The highest BCUT2D eigenvalue weighted by Crippen LogP contribution is 2.22. The zero-order valence-electron chi connectivity index (χ0n) is 11.3. The molecule has 0 fully saturated rings. The number of nitrogens with zero attached hydrogens (tertiary/aromatic N) is 4. The van der Waals surface area contributed by atoms with Gasteiger partial charge in [0, 0.05) is 42.2 Å². The van der Waals surface area contributed by atoms with Gasteiger partial charge in [0.15, 0.2) is 0 Å². The molecule has 6 heteroatoms. The van der Waals surface area contributed by atoms with E-state index in [1.807, 2.05) is 37.0 Å². The van der Waals surface area contributed by atoms with E-state index in [4.69, 9.17) is 0 Å². The molecule has 5 nitrogen and oxygen atoms in total. The molecule has 0 bridgehead atoms. The van der Waals surface area contributed by atoms with Gasteiger partial charge in [-0.3, -0.25) is 14.6 Å². The minimum absolute atomic E-state index is 0.719. The molecule has 3 aromatic rings. The van der Waals surface area contributed by atoms with Gasteiger partial charge in [-0.05, 0) is 35.0 Å². The summed E-state index contributed by atoms with van der Waals surface area (Å²) in [5, 5.41) is 7.75. The van der Waals surface area contributed by atoms with E-state index < -0.39 is 0 Å². The lowest BCUT2D eigenvalue weighted by atomic mass is 10.2. The third-order valence-corrected chi connectivity index (χ3v) is 3.56. The zero-order valence-corrected chi connectivity index (χ0v) is 12.8. The van der Waals surface area contributed by atoms with Gasteiger partial charge in [-0.2, -0.15) is 5.10 Å². The lowest BCUT2D eigenvalue weighted by Gasteiger charge is -2.08. The summed E-state index contributed by atoms with van der Waals surface area (Å²) in [6.07, 6.45) is 5.59. The maximum atomic E-state index is 4.43. The number of fused-ring (bicyclic) bond motifs is 1. The van der Waals surface area contributed by atoms with Crippen LogP contribution < -0.4 is 5.32 Å².